The van der Waals surface area contributed by atoms with Crippen LogP contribution in [0.4, 0.5) is 32.8 Å². The van der Waals surface area contributed by atoms with Crippen LogP contribution in [0.3, 0.4) is 0 Å². The predicted molar refractivity (Wildman–Crippen MR) is 191 cm³/mol. The number of fused-ring (bicyclic) bond motifs is 3. The molecule has 5 aliphatic rings. The lowest BCUT2D eigenvalue weighted by atomic mass is 9.75. The Bertz CT molecular complexity index is 2150. The second-order valence-corrected chi connectivity index (χ2v) is 17.1. The summed E-state index contributed by atoms with van der Waals surface area (Å²) in [6.45, 7) is 4.23. The highest BCUT2D eigenvalue weighted by atomic mass is 35.5. The summed E-state index contributed by atoms with van der Waals surface area (Å²) >= 11 is 7.83. The monoisotopic (exact) mass is 757 g/mol. The van der Waals surface area contributed by atoms with Crippen molar-refractivity contribution in [2.45, 2.75) is 62.6 Å². The molecule has 4 aromatic rings. The van der Waals surface area contributed by atoms with E-state index in [4.69, 9.17) is 27.1 Å². The zero-order valence-corrected chi connectivity index (χ0v) is 29.9. The molecule has 4 aliphatic heterocycles. The summed E-state index contributed by atoms with van der Waals surface area (Å²) in [7, 11) is 0. The third-order valence-electron chi connectivity index (χ3n) is 12.0. The molecule has 0 amide bonds. The number of ether oxygens (including phenoxy) is 1. The van der Waals surface area contributed by atoms with Gasteiger partial charge in [-0.1, -0.05) is 24.1 Å². The summed E-state index contributed by atoms with van der Waals surface area (Å²) in [5.41, 5.74) is 5.59. The van der Waals surface area contributed by atoms with Crippen molar-refractivity contribution >= 4 is 54.7 Å². The molecule has 1 saturated carbocycles. The fourth-order valence-corrected chi connectivity index (χ4v) is 10.7. The highest BCUT2D eigenvalue weighted by molar-refractivity contribution is 7.23. The maximum atomic E-state index is 17.2. The first-order chi connectivity index (χ1) is 24.9. The van der Waals surface area contributed by atoms with Crippen LogP contribution < -0.4 is 15.4 Å². The number of nitrogens with two attached hydrogens (primary N) is 1. The topological polar surface area (TPSA) is 94.5 Å². The van der Waals surface area contributed by atoms with E-state index in [2.05, 4.69) is 19.7 Å². The molecule has 9 rings (SSSR count). The van der Waals surface area contributed by atoms with Gasteiger partial charge < -0.3 is 20.3 Å². The van der Waals surface area contributed by atoms with E-state index in [9.17, 15) is 22.8 Å². The summed E-state index contributed by atoms with van der Waals surface area (Å²) in [5.74, 6) is -4.09. The lowest BCUT2D eigenvalue weighted by Crippen LogP contribution is -2.60. The molecule has 2 aromatic carbocycles. The standard InChI is InChI=1S/C37H37ClF5N7OS/c38-25-10-23-30(29(41)28(25)22-4-5-26(40)31-27(22)24(13-44)32(45)52-31)46-34(51-19-36-7-3-9-50(36)15-21(39)12-36)47-33(23)49-8-2-1-6-35(18-49)16-48(17-35)14-20-11-37(20,42)43/h4-5,10,20-21H,1-3,6-9,11-12,14-19,45H2/t20?,21-,36+/m1/s1. The summed E-state index contributed by atoms with van der Waals surface area (Å²) in [6.07, 6.45) is 3.74. The largest absolute Gasteiger partial charge is 0.461 e. The fraction of sp³-hybridized carbons (Fsp3) is 0.541. The number of nitrogen functional groups attached to an aromatic ring is 1. The minimum absolute atomic E-state index is 0.0234. The molecule has 2 N–H and O–H groups in total. The molecule has 1 aliphatic carbocycles. The molecule has 52 heavy (non-hydrogen) atoms. The van der Waals surface area contributed by atoms with E-state index in [1.54, 1.807) is 6.07 Å². The molecular weight excluding hydrogens is 721 g/mol. The second kappa shape index (κ2) is 12.3. The van der Waals surface area contributed by atoms with Crippen molar-refractivity contribution in [3.63, 3.8) is 0 Å². The zero-order valence-electron chi connectivity index (χ0n) is 28.3. The van der Waals surface area contributed by atoms with Gasteiger partial charge in [0.25, 0.3) is 5.92 Å². The number of hydrogen-bond acceptors (Lipinski definition) is 9. The van der Waals surface area contributed by atoms with Crippen LogP contribution in [0.25, 0.3) is 32.1 Å². The molecule has 5 fully saturated rings. The van der Waals surface area contributed by atoms with E-state index < -0.39 is 35.2 Å². The van der Waals surface area contributed by atoms with Gasteiger partial charge in [-0.15, -0.1) is 11.3 Å². The smallest absolute Gasteiger partial charge is 0.319 e. The van der Waals surface area contributed by atoms with Gasteiger partial charge in [0.1, 0.15) is 41.0 Å². The molecule has 0 bridgehead atoms. The third-order valence-corrected chi connectivity index (χ3v) is 13.4. The Morgan fingerprint density at radius 2 is 1.88 bits per heavy atom. The van der Waals surface area contributed by atoms with Gasteiger partial charge in [-0.3, -0.25) is 4.90 Å². The molecule has 4 saturated heterocycles. The number of alkyl halides is 3. The van der Waals surface area contributed by atoms with Crippen molar-refractivity contribution in [1.82, 2.24) is 19.8 Å². The minimum atomic E-state index is -2.57. The van der Waals surface area contributed by atoms with Crippen LogP contribution in [0.2, 0.25) is 5.02 Å². The Balaban J connectivity index is 1.13. The van der Waals surface area contributed by atoms with E-state index in [-0.39, 0.29) is 66.8 Å². The fourth-order valence-electron chi connectivity index (χ4n) is 9.48. The van der Waals surface area contributed by atoms with Crippen LogP contribution in [0, 0.1) is 34.3 Å². The van der Waals surface area contributed by atoms with Gasteiger partial charge in [-0.25, -0.2) is 22.0 Å². The van der Waals surface area contributed by atoms with Crippen molar-refractivity contribution in [3.05, 3.63) is 40.4 Å². The second-order valence-electron chi connectivity index (χ2n) is 15.6. The maximum absolute atomic E-state index is 17.2. The molecule has 1 spiro atoms. The number of rotatable bonds is 7. The van der Waals surface area contributed by atoms with Crippen LogP contribution >= 0.6 is 22.9 Å². The summed E-state index contributed by atoms with van der Waals surface area (Å²) in [4.78, 5) is 15.8. The van der Waals surface area contributed by atoms with E-state index in [0.717, 1.165) is 50.0 Å². The summed E-state index contributed by atoms with van der Waals surface area (Å²) in [5, 5.41) is 10.6. The number of anilines is 2. The number of thiophene rings is 1. The van der Waals surface area contributed by atoms with Gasteiger partial charge >= 0.3 is 6.01 Å². The van der Waals surface area contributed by atoms with Crippen molar-refractivity contribution in [3.8, 4) is 23.2 Å². The van der Waals surface area contributed by atoms with E-state index in [1.807, 2.05) is 6.07 Å². The summed E-state index contributed by atoms with van der Waals surface area (Å²) in [6, 6.07) is 6.17. The van der Waals surface area contributed by atoms with Crippen LogP contribution in [0.1, 0.15) is 50.5 Å². The van der Waals surface area contributed by atoms with Crippen LogP contribution in [0.15, 0.2) is 18.2 Å². The quantitative estimate of drug-likeness (QED) is 0.191. The molecule has 0 radical (unpaired) electrons. The molecule has 274 valence electrons. The summed E-state index contributed by atoms with van der Waals surface area (Å²) < 4.78 is 80.6. The minimum Gasteiger partial charge on any atom is -0.461 e. The van der Waals surface area contributed by atoms with E-state index >= 15 is 4.39 Å². The Morgan fingerprint density at radius 3 is 2.65 bits per heavy atom. The van der Waals surface area contributed by atoms with Gasteiger partial charge in [0, 0.05) is 79.8 Å². The Hall–Kier alpha value is -3.51. The van der Waals surface area contributed by atoms with Gasteiger partial charge in [-0.2, -0.15) is 15.2 Å². The molecule has 15 heteroatoms. The third kappa shape index (κ3) is 5.56. The van der Waals surface area contributed by atoms with Crippen molar-refractivity contribution in [2.24, 2.45) is 11.3 Å². The number of hydrogen-bond donors (Lipinski definition) is 1. The number of nitriles is 1. The normalized spacial score (nSPS) is 26.8. The van der Waals surface area contributed by atoms with E-state index in [1.165, 1.54) is 12.1 Å². The van der Waals surface area contributed by atoms with Crippen LogP contribution in [-0.4, -0.2) is 89.8 Å². The van der Waals surface area contributed by atoms with Crippen molar-refractivity contribution in [2.75, 3.05) is 63.1 Å². The predicted octanol–water partition coefficient (Wildman–Crippen LogP) is 7.80. The Morgan fingerprint density at radius 1 is 1.08 bits per heavy atom. The van der Waals surface area contributed by atoms with E-state index in [0.29, 0.717) is 56.9 Å². The van der Waals surface area contributed by atoms with Gasteiger partial charge in [0.15, 0.2) is 5.82 Å². The highest BCUT2D eigenvalue weighted by Gasteiger charge is 2.59. The van der Waals surface area contributed by atoms with Crippen LogP contribution in [0.5, 0.6) is 6.01 Å². The lowest BCUT2D eigenvalue weighted by Gasteiger charge is -2.51. The molecule has 3 atom stereocenters. The Kier molecular flexibility index (Phi) is 8.08. The van der Waals surface area contributed by atoms with Crippen molar-refractivity contribution in [1.29, 1.82) is 5.26 Å². The van der Waals surface area contributed by atoms with Gasteiger partial charge in [0.05, 0.1) is 20.8 Å². The maximum Gasteiger partial charge on any atom is 0.319 e. The molecular formula is C37H37ClF5N7OS. The molecule has 6 heterocycles. The first-order valence-corrected chi connectivity index (χ1v) is 19.1. The molecule has 1 unspecified atom stereocenters. The highest BCUT2D eigenvalue weighted by Crippen LogP contribution is 2.51. The van der Waals surface area contributed by atoms with Gasteiger partial charge in [-0.05, 0) is 49.9 Å². The first kappa shape index (κ1) is 34.3. The number of aromatic nitrogens is 2. The number of benzene rings is 2. The first-order valence-electron chi connectivity index (χ1n) is 17.9. The SMILES string of the molecule is N#Cc1c(N)sc2c(F)ccc(-c3c(Cl)cc4c(N5CCCCC6(CN(CC7CC7(F)F)C6)C5)nc(OC[C@@]56CCCN5C[C@H](F)C6)nc4c3F)c12. The van der Waals surface area contributed by atoms with Crippen molar-refractivity contribution < 1.29 is 26.7 Å². The van der Waals surface area contributed by atoms with Gasteiger partial charge in [0.2, 0.25) is 0 Å². The van der Waals surface area contributed by atoms with Crippen LogP contribution in [-0.2, 0) is 0 Å². The number of likely N-dealkylation sites (tertiary alicyclic amines) is 1. The molecule has 2 aromatic heterocycles. The number of nitrogens with zero attached hydrogens (tertiary/aromatic N) is 6. The zero-order chi connectivity index (χ0) is 36.2. The average Bonchev–Trinajstić information content (AvgIpc) is 3.26. The Labute approximate surface area is 306 Å². The molecule has 8 nitrogen and oxygen atoms in total. The number of halogens is 6. The average molecular weight is 758 g/mol. The lowest BCUT2D eigenvalue weighted by molar-refractivity contribution is -0.0127.